The van der Waals surface area contributed by atoms with Crippen LogP contribution in [0.5, 0.6) is 0 Å². The van der Waals surface area contributed by atoms with Gasteiger partial charge in [0, 0.05) is 20.1 Å². The highest BCUT2D eigenvalue weighted by atomic mass is 16.5. The van der Waals surface area contributed by atoms with Gasteiger partial charge in [-0.1, -0.05) is 30.3 Å². The molecule has 1 heterocycles. The van der Waals surface area contributed by atoms with E-state index in [1.165, 1.54) is 4.90 Å². The summed E-state index contributed by atoms with van der Waals surface area (Å²) < 4.78 is 10.8. The van der Waals surface area contributed by atoms with Crippen LogP contribution in [-0.4, -0.2) is 68.0 Å². The van der Waals surface area contributed by atoms with Crippen LogP contribution in [0.15, 0.2) is 30.3 Å². The third-order valence-corrected chi connectivity index (χ3v) is 3.50. The Morgan fingerprint density at radius 3 is 2.95 bits per heavy atom. The summed E-state index contributed by atoms with van der Waals surface area (Å²) in [5.74, 6) is -0.0678. The van der Waals surface area contributed by atoms with Crippen molar-refractivity contribution in [2.45, 2.75) is 18.8 Å². The number of ether oxygens (including phenoxy) is 2. The minimum absolute atomic E-state index is 0.0678. The van der Waals surface area contributed by atoms with Crippen molar-refractivity contribution in [3.8, 4) is 0 Å². The molecule has 0 saturated carbocycles. The molecule has 0 aliphatic carbocycles. The van der Waals surface area contributed by atoms with Gasteiger partial charge in [-0.3, -0.25) is 4.79 Å². The van der Waals surface area contributed by atoms with Crippen molar-refractivity contribution < 1.29 is 19.4 Å². The van der Waals surface area contributed by atoms with Gasteiger partial charge in [-0.05, 0) is 5.56 Å². The Morgan fingerprint density at radius 2 is 2.27 bits per heavy atom. The molecule has 2 atom stereocenters. The van der Waals surface area contributed by atoms with E-state index in [1.54, 1.807) is 7.05 Å². The Hall–Kier alpha value is -1.47. The van der Waals surface area contributed by atoms with E-state index in [-0.39, 0.29) is 25.1 Å². The first-order chi connectivity index (χ1) is 10.7. The fraction of sp³-hybridized carbons (Fsp3) is 0.562. The normalized spacial score (nSPS) is 19.6. The number of likely N-dealkylation sites (N-methyl/N-ethyl adjacent to an activating group) is 1. The zero-order valence-corrected chi connectivity index (χ0v) is 12.9. The second kappa shape index (κ2) is 8.85. The van der Waals surface area contributed by atoms with Crippen molar-refractivity contribution in [1.82, 2.24) is 10.2 Å². The second-order valence-electron chi connectivity index (χ2n) is 5.45. The summed E-state index contributed by atoms with van der Waals surface area (Å²) in [5.41, 5.74) is 1.06. The molecule has 1 fully saturated rings. The van der Waals surface area contributed by atoms with E-state index >= 15 is 0 Å². The quantitative estimate of drug-likeness (QED) is 0.742. The molecule has 22 heavy (non-hydrogen) atoms. The Morgan fingerprint density at radius 1 is 1.50 bits per heavy atom. The van der Waals surface area contributed by atoms with E-state index in [0.29, 0.717) is 26.4 Å². The first-order valence-corrected chi connectivity index (χ1v) is 7.52. The lowest BCUT2D eigenvalue weighted by Crippen LogP contribution is -2.53. The summed E-state index contributed by atoms with van der Waals surface area (Å²) in [6, 6.07) is 9.45. The van der Waals surface area contributed by atoms with Gasteiger partial charge in [0.25, 0.3) is 0 Å². The molecule has 2 rings (SSSR count). The second-order valence-corrected chi connectivity index (χ2v) is 5.45. The molecule has 6 heteroatoms. The summed E-state index contributed by atoms with van der Waals surface area (Å²) in [6.45, 7) is 2.57. The minimum Gasteiger partial charge on any atom is -0.389 e. The predicted octanol–water partition coefficient (Wildman–Crippen LogP) is 0.0109. The number of nitrogens with one attached hydrogen (secondary N) is 1. The van der Waals surface area contributed by atoms with Crippen molar-refractivity contribution >= 4 is 5.91 Å². The Bertz CT molecular complexity index is 449. The van der Waals surface area contributed by atoms with Gasteiger partial charge < -0.3 is 24.8 Å². The number of amides is 1. The van der Waals surface area contributed by atoms with E-state index in [2.05, 4.69) is 5.32 Å². The molecule has 1 aromatic rings. The number of rotatable bonds is 7. The summed E-state index contributed by atoms with van der Waals surface area (Å²) in [7, 11) is 1.68. The van der Waals surface area contributed by atoms with Gasteiger partial charge in [0.1, 0.15) is 6.04 Å². The average molecular weight is 308 g/mol. The van der Waals surface area contributed by atoms with Crippen LogP contribution >= 0.6 is 0 Å². The lowest BCUT2D eigenvalue weighted by molar-refractivity contribution is -0.136. The molecule has 1 saturated heterocycles. The van der Waals surface area contributed by atoms with Crippen molar-refractivity contribution in [3.63, 3.8) is 0 Å². The standard InChI is InChI=1S/C16H24N2O4/c1-18(16(20)15-12-21-8-7-17-15)9-14(19)11-22-10-13-5-3-2-4-6-13/h2-6,14-15,17,19H,7-12H2,1H3. The first-order valence-electron chi connectivity index (χ1n) is 7.52. The van der Waals surface area contributed by atoms with Gasteiger partial charge in [-0.25, -0.2) is 0 Å². The predicted molar refractivity (Wildman–Crippen MR) is 82.4 cm³/mol. The molecule has 1 aliphatic rings. The van der Waals surface area contributed by atoms with Crippen molar-refractivity contribution in [2.24, 2.45) is 0 Å². The number of aliphatic hydroxyl groups is 1. The zero-order chi connectivity index (χ0) is 15.8. The molecule has 0 spiro atoms. The molecule has 122 valence electrons. The van der Waals surface area contributed by atoms with Crippen LogP contribution in [0.4, 0.5) is 0 Å². The van der Waals surface area contributed by atoms with Gasteiger partial charge in [0.15, 0.2) is 0 Å². The Balaban J connectivity index is 1.67. The van der Waals surface area contributed by atoms with Crippen LogP contribution in [0.2, 0.25) is 0 Å². The highest BCUT2D eigenvalue weighted by molar-refractivity contribution is 5.81. The van der Waals surface area contributed by atoms with Crippen LogP contribution < -0.4 is 5.32 Å². The van der Waals surface area contributed by atoms with Crippen LogP contribution in [0, 0.1) is 0 Å². The maximum atomic E-state index is 12.2. The highest BCUT2D eigenvalue weighted by Crippen LogP contribution is 2.03. The largest absolute Gasteiger partial charge is 0.389 e. The first kappa shape index (κ1) is 16.9. The number of aliphatic hydroxyl groups excluding tert-OH is 1. The molecule has 2 unspecified atom stereocenters. The number of nitrogens with zero attached hydrogens (tertiary/aromatic N) is 1. The molecular formula is C16H24N2O4. The minimum atomic E-state index is -0.706. The van der Waals surface area contributed by atoms with Gasteiger partial charge >= 0.3 is 0 Å². The number of hydrogen-bond donors (Lipinski definition) is 2. The van der Waals surface area contributed by atoms with Crippen LogP contribution in [0.25, 0.3) is 0 Å². The van der Waals surface area contributed by atoms with Crippen LogP contribution in [0.3, 0.4) is 0 Å². The smallest absolute Gasteiger partial charge is 0.241 e. The fourth-order valence-corrected chi connectivity index (χ4v) is 2.34. The summed E-state index contributed by atoms with van der Waals surface area (Å²) >= 11 is 0. The fourth-order valence-electron chi connectivity index (χ4n) is 2.34. The third-order valence-electron chi connectivity index (χ3n) is 3.50. The van der Waals surface area contributed by atoms with Crippen molar-refractivity contribution in [2.75, 3.05) is 40.0 Å². The molecule has 0 aromatic heterocycles. The van der Waals surface area contributed by atoms with Crippen LogP contribution in [-0.2, 0) is 20.9 Å². The van der Waals surface area contributed by atoms with E-state index in [4.69, 9.17) is 9.47 Å². The lowest BCUT2D eigenvalue weighted by atomic mass is 10.2. The van der Waals surface area contributed by atoms with E-state index < -0.39 is 6.10 Å². The van der Waals surface area contributed by atoms with Crippen molar-refractivity contribution in [3.05, 3.63) is 35.9 Å². The van der Waals surface area contributed by atoms with Gasteiger partial charge in [-0.15, -0.1) is 0 Å². The number of morpholine rings is 1. The third kappa shape index (κ3) is 5.38. The zero-order valence-electron chi connectivity index (χ0n) is 12.9. The summed E-state index contributed by atoms with van der Waals surface area (Å²) in [4.78, 5) is 13.7. The molecule has 6 nitrogen and oxygen atoms in total. The SMILES string of the molecule is CN(CC(O)COCc1ccccc1)C(=O)C1COCCN1. The van der Waals surface area contributed by atoms with Gasteiger partial charge in [0.05, 0.1) is 32.5 Å². The molecule has 0 radical (unpaired) electrons. The Labute approximate surface area is 131 Å². The number of benzene rings is 1. The van der Waals surface area contributed by atoms with Crippen LogP contribution in [0.1, 0.15) is 5.56 Å². The maximum absolute atomic E-state index is 12.2. The Kier molecular flexibility index (Phi) is 6.79. The van der Waals surface area contributed by atoms with Gasteiger partial charge in [0.2, 0.25) is 5.91 Å². The monoisotopic (exact) mass is 308 g/mol. The topological polar surface area (TPSA) is 71.0 Å². The number of carbonyl (C=O) groups is 1. The molecule has 1 amide bonds. The number of hydrogen-bond acceptors (Lipinski definition) is 5. The number of carbonyl (C=O) groups excluding carboxylic acids is 1. The molecule has 1 aromatic carbocycles. The van der Waals surface area contributed by atoms with E-state index in [9.17, 15) is 9.90 Å². The average Bonchev–Trinajstić information content (AvgIpc) is 2.56. The van der Waals surface area contributed by atoms with Crippen molar-refractivity contribution in [1.29, 1.82) is 0 Å². The molecular weight excluding hydrogens is 284 g/mol. The summed E-state index contributed by atoms with van der Waals surface area (Å²) in [5, 5.41) is 13.1. The maximum Gasteiger partial charge on any atom is 0.241 e. The summed E-state index contributed by atoms with van der Waals surface area (Å²) in [6.07, 6.45) is -0.706. The highest BCUT2D eigenvalue weighted by Gasteiger charge is 2.25. The van der Waals surface area contributed by atoms with E-state index in [0.717, 1.165) is 5.56 Å². The van der Waals surface area contributed by atoms with E-state index in [1.807, 2.05) is 30.3 Å². The molecule has 2 N–H and O–H groups in total. The van der Waals surface area contributed by atoms with Gasteiger partial charge in [-0.2, -0.15) is 0 Å². The molecule has 1 aliphatic heterocycles. The molecule has 0 bridgehead atoms. The lowest BCUT2D eigenvalue weighted by Gasteiger charge is -2.28.